The third-order valence-electron chi connectivity index (χ3n) is 3.42. The minimum atomic E-state index is 0.298. The Morgan fingerprint density at radius 3 is 2.28 bits per heavy atom. The van der Waals surface area contributed by atoms with E-state index in [1.807, 2.05) is 0 Å². The predicted octanol–water partition coefficient (Wildman–Crippen LogP) is 3.32. The van der Waals surface area contributed by atoms with Gasteiger partial charge in [0.1, 0.15) is 5.84 Å². The summed E-state index contributed by atoms with van der Waals surface area (Å²) in [5.41, 5.74) is 8.12. The highest BCUT2D eigenvalue weighted by Crippen LogP contribution is 2.23. The van der Waals surface area contributed by atoms with Crippen molar-refractivity contribution >= 4 is 17.2 Å². The zero-order chi connectivity index (χ0) is 13.0. The molecule has 2 rings (SSSR count). The Morgan fingerprint density at radius 1 is 1.11 bits per heavy atom. The summed E-state index contributed by atoms with van der Waals surface area (Å²) < 4.78 is 0. The van der Waals surface area contributed by atoms with E-state index in [0.717, 1.165) is 5.69 Å². The number of nitrogens with zero attached hydrogens (tertiary/aromatic N) is 2. The van der Waals surface area contributed by atoms with Crippen molar-refractivity contribution in [3.05, 3.63) is 24.3 Å². The number of hydrogen-bond acceptors (Lipinski definition) is 2. The summed E-state index contributed by atoms with van der Waals surface area (Å²) in [4.78, 5) is 6.87. The van der Waals surface area contributed by atoms with E-state index in [1.165, 1.54) is 38.0 Å². The van der Waals surface area contributed by atoms with Crippen LogP contribution in [0, 0.1) is 5.92 Å². The second-order valence-electron chi connectivity index (χ2n) is 5.26. The van der Waals surface area contributed by atoms with Gasteiger partial charge in [0.05, 0.1) is 5.69 Å². The Hall–Kier alpha value is -1.51. The van der Waals surface area contributed by atoms with Crippen LogP contribution in [0.1, 0.15) is 33.1 Å². The normalized spacial score (nSPS) is 17.3. The fourth-order valence-electron chi connectivity index (χ4n) is 2.17. The van der Waals surface area contributed by atoms with Crippen LogP contribution in [-0.2, 0) is 0 Å². The molecule has 0 amide bonds. The summed E-state index contributed by atoms with van der Waals surface area (Å²) in [6.45, 7) is 6.47. The largest absolute Gasteiger partial charge is 0.387 e. The molecule has 0 bridgehead atoms. The number of amidine groups is 1. The van der Waals surface area contributed by atoms with E-state index in [0.29, 0.717) is 11.8 Å². The van der Waals surface area contributed by atoms with Gasteiger partial charge in [0.25, 0.3) is 0 Å². The minimum Gasteiger partial charge on any atom is -0.387 e. The number of nitrogens with two attached hydrogens (primary N) is 1. The molecule has 0 aliphatic carbocycles. The second-order valence-corrected chi connectivity index (χ2v) is 5.26. The molecule has 98 valence electrons. The third kappa shape index (κ3) is 3.25. The van der Waals surface area contributed by atoms with Gasteiger partial charge in [-0.2, -0.15) is 0 Å². The van der Waals surface area contributed by atoms with E-state index in [9.17, 15) is 0 Å². The van der Waals surface area contributed by atoms with Crippen LogP contribution in [-0.4, -0.2) is 18.9 Å². The van der Waals surface area contributed by atoms with E-state index in [2.05, 4.69) is 48.0 Å². The van der Waals surface area contributed by atoms with E-state index >= 15 is 0 Å². The zero-order valence-corrected chi connectivity index (χ0v) is 11.4. The summed E-state index contributed by atoms with van der Waals surface area (Å²) in [5, 5.41) is 0. The Bertz CT molecular complexity index is 400. The lowest BCUT2D eigenvalue weighted by Crippen LogP contribution is -2.29. The van der Waals surface area contributed by atoms with Gasteiger partial charge >= 0.3 is 0 Å². The van der Waals surface area contributed by atoms with Crippen LogP contribution >= 0.6 is 0 Å². The molecule has 1 saturated heterocycles. The first-order valence-electron chi connectivity index (χ1n) is 6.86. The van der Waals surface area contributed by atoms with E-state index in [1.54, 1.807) is 0 Å². The average Bonchev–Trinajstić information content (AvgIpc) is 2.40. The summed E-state index contributed by atoms with van der Waals surface area (Å²) in [6, 6.07) is 8.41. The maximum atomic E-state index is 5.87. The molecule has 18 heavy (non-hydrogen) atoms. The highest BCUT2D eigenvalue weighted by molar-refractivity contribution is 5.84. The van der Waals surface area contributed by atoms with Gasteiger partial charge in [-0.3, -0.25) is 0 Å². The molecule has 1 heterocycles. The van der Waals surface area contributed by atoms with Crippen LogP contribution < -0.4 is 10.6 Å². The lowest BCUT2D eigenvalue weighted by atomic mass is 10.1. The average molecular weight is 245 g/mol. The van der Waals surface area contributed by atoms with Crippen molar-refractivity contribution in [2.75, 3.05) is 18.0 Å². The van der Waals surface area contributed by atoms with Crippen molar-refractivity contribution in [3.63, 3.8) is 0 Å². The molecule has 0 spiro atoms. The molecule has 0 aromatic heterocycles. The van der Waals surface area contributed by atoms with Crippen molar-refractivity contribution in [3.8, 4) is 0 Å². The third-order valence-corrected chi connectivity index (χ3v) is 3.42. The number of benzene rings is 1. The molecule has 3 heteroatoms. The van der Waals surface area contributed by atoms with E-state index < -0.39 is 0 Å². The van der Waals surface area contributed by atoms with Gasteiger partial charge in [0.15, 0.2) is 0 Å². The summed E-state index contributed by atoms with van der Waals surface area (Å²) >= 11 is 0. The highest BCUT2D eigenvalue weighted by atomic mass is 15.1. The first-order valence-corrected chi connectivity index (χ1v) is 6.86. The lowest BCUT2D eigenvalue weighted by Gasteiger charge is -2.28. The molecule has 0 saturated carbocycles. The first-order chi connectivity index (χ1) is 8.66. The molecule has 1 fully saturated rings. The SMILES string of the molecule is CC(C)C(N)=Nc1ccc(N2CCCCC2)cc1. The standard InChI is InChI=1S/C15H23N3/c1-12(2)15(16)17-13-6-8-14(9-7-13)18-10-4-3-5-11-18/h6-9,12H,3-5,10-11H2,1-2H3,(H2,16,17). The van der Waals surface area contributed by atoms with Gasteiger partial charge in [-0.05, 0) is 43.5 Å². The number of hydrogen-bond donors (Lipinski definition) is 1. The van der Waals surface area contributed by atoms with Gasteiger partial charge in [-0.1, -0.05) is 13.8 Å². The molecule has 0 radical (unpaired) electrons. The monoisotopic (exact) mass is 245 g/mol. The minimum absolute atomic E-state index is 0.298. The molecular formula is C15H23N3. The van der Waals surface area contributed by atoms with Gasteiger partial charge in [-0.25, -0.2) is 4.99 Å². The Balaban J connectivity index is 2.07. The van der Waals surface area contributed by atoms with Crippen LogP contribution in [0.4, 0.5) is 11.4 Å². The maximum absolute atomic E-state index is 5.87. The van der Waals surface area contributed by atoms with Crippen LogP contribution in [0.3, 0.4) is 0 Å². The van der Waals surface area contributed by atoms with Crippen LogP contribution in [0.15, 0.2) is 29.3 Å². The molecule has 0 unspecified atom stereocenters. The fraction of sp³-hybridized carbons (Fsp3) is 0.533. The Morgan fingerprint density at radius 2 is 1.72 bits per heavy atom. The van der Waals surface area contributed by atoms with Crippen molar-refractivity contribution in [2.24, 2.45) is 16.6 Å². The first kappa shape index (κ1) is 12.9. The van der Waals surface area contributed by atoms with Gasteiger partial charge < -0.3 is 10.6 Å². The number of anilines is 1. The molecule has 3 nitrogen and oxygen atoms in total. The van der Waals surface area contributed by atoms with Crippen LogP contribution in [0.5, 0.6) is 0 Å². The van der Waals surface area contributed by atoms with Crippen molar-refractivity contribution in [1.82, 2.24) is 0 Å². The Labute approximate surface area is 110 Å². The van der Waals surface area contributed by atoms with Gasteiger partial charge in [0, 0.05) is 24.7 Å². The lowest BCUT2D eigenvalue weighted by molar-refractivity contribution is 0.578. The number of aliphatic imine (C=N–C) groups is 1. The van der Waals surface area contributed by atoms with Gasteiger partial charge in [0.2, 0.25) is 0 Å². The molecule has 1 aliphatic rings. The van der Waals surface area contributed by atoms with E-state index in [4.69, 9.17) is 5.73 Å². The molecule has 1 aromatic rings. The number of rotatable bonds is 3. The smallest absolute Gasteiger partial charge is 0.102 e. The second kappa shape index (κ2) is 5.89. The molecular weight excluding hydrogens is 222 g/mol. The maximum Gasteiger partial charge on any atom is 0.102 e. The summed E-state index contributed by atoms with van der Waals surface area (Å²) in [5.74, 6) is 0.993. The van der Waals surface area contributed by atoms with Crippen molar-refractivity contribution in [2.45, 2.75) is 33.1 Å². The molecule has 1 aromatic carbocycles. The topological polar surface area (TPSA) is 41.6 Å². The van der Waals surface area contributed by atoms with E-state index in [-0.39, 0.29) is 0 Å². The summed E-state index contributed by atoms with van der Waals surface area (Å²) in [7, 11) is 0. The van der Waals surface area contributed by atoms with Crippen LogP contribution in [0.2, 0.25) is 0 Å². The quantitative estimate of drug-likeness (QED) is 0.655. The summed E-state index contributed by atoms with van der Waals surface area (Å²) in [6.07, 6.45) is 3.98. The molecule has 1 aliphatic heterocycles. The number of piperidine rings is 1. The van der Waals surface area contributed by atoms with Crippen molar-refractivity contribution < 1.29 is 0 Å². The zero-order valence-electron chi connectivity index (χ0n) is 11.4. The predicted molar refractivity (Wildman–Crippen MR) is 78.6 cm³/mol. The molecule has 0 atom stereocenters. The van der Waals surface area contributed by atoms with Crippen LogP contribution in [0.25, 0.3) is 0 Å². The van der Waals surface area contributed by atoms with Crippen molar-refractivity contribution in [1.29, 1.82) is 0 Å². The Kier molecular flexibility index (Phi) is 4.24. The van der Waals surface area contributed by atoms with Gasteiger partial charge in [-0.15, -0.1) is 0 Å². The molecule has 2 N–H and O–H groups in total. The fourth-order valence-corrected chi connectivity index (χ4v) is 2.17. The highest BCUT2D eigenvalue weighted by Gasteiger charge is 2.10.